The maximum Gasteiger partial charge on any atom is 0.471 e. The van der Waals surface area contributed by atoms with Gasteiger partial charge >= 0.3 is 24.1 Å². The number of nitrogens with zero attached hydrogens (tertiary/aromatic N) is 1. The van der Waals surface area contributed by atoms with E-state index in [0.717, 1.165) is 6.07 Å². The minimum Gasteiger partial charge on any atom is -0.431 e. The molecular weight excluding hydrogens is 573 g/mol. The van der Waals surface area contributed by atoms with Crippen LogP contribution in [0.15, 0.2) is 72.8 Å². The Hall–Kier alpha value is -3.74. The number of hydrogen-bond donors (Lipinski definition) is 0. The van der Waals surface area contributed by atoms with Gasteiger partial charge in [0.1, 0.15) is 11.5 Å². The maximum atomic E-state index is 14.7. The van der Waals surface area contributed by atoms with Crippen LogP contribution >= 0.6 is 12.2 Å². The van der Waals surface area contributed by atoms with E-state index in [1.807, 2.05) is 0 Å². The fourth-order valence-electron chi connectivity index (χ4n) is 3.94. The summed E-state index contributed by atoms with van der Waals surface area (Å²) in [6, 6.07) is 17.4. The van der Waals surface area contributed by atoms with Gasteiger partial charge in [0, 0.05) is 25.2 Å². The zero-order chi connectivity index (χ0) is 29.7. The highest BCUT2D eigenvalue weighted by atomic mass is 32.1. The Morgan fingerprint density at radius 1 is 0.625 bits per heavy atom. The lowest BCUT2D eigenvalue weighted by molar-refractivity contribution is -0.428. The monoisotopic (exact) mass is 591 g/mol. The number of fused-ring (bicyclic) bond motifs is 2. The van der Waals surface area contributed by atoms with Crippen LogP contribution in [-0.2, 0) is 0 Å². The number of hydrogen-bond acceptors (Lipinski definition) is 3. The molecular formula is C27H18F9NO2S. The number of ether oxygens (including phenoxy) is 2. The average molecular weight is 591 g/mol. The molecule has 0 radical (unpaired) electrons. The first-order valence-electron chi connectivity index (χ1n) is 11.3. The van der Waals surface area contributed by atoms with Crippen LogP contribution in [-0.4, -0.2) is 48.3 Å². The number of halogens is 9. The van der Waals surface area contributed by atoms with Crippen molar-refractivity contribution in [2.75, 3.05) is 14.1 Å². The second-order valence-electron chi connectivity index (χ2n) is 8.85. The summed E-state index contributed by atoms with van der Waals surface area (Å²) in [6.07, 6.45) is -13.3. The van der Waals surface area contributed by atoms with Crippen molar-refractivity contribution < 1.29 is 49.0 Å². The Kier molecular flexibility index (Phi) is 7.33. The average Bonchev–Trinajstić information content (AvgIpc) is 2.87. The van der Waals surface area contributed by atoms with Crippen molar-refractivity contribution in [3.8, 4) is 22.6 Å². The lowest BCUT2D eigenvalue weighted by atomic mass is 9.92. The van der Waals surface area contributed by atoms with Crippen molar-refractivity contribution in [1.82, 2.24) is 4.90 Å². The molecule has 0 atom stereocenters. The molecule has 13 heteroatoms. The molecule has 0 N–H and O–H groups in total. The van der Waals surface area contributed by atoms with Crippen molar-refractivity contribution in [2.45, 2.75) is 24.1 Å². The molecule has 4 rings (SSSR count). The fraction of sp³-hybridized carbons (Fsp3) is 0.222. The van der Waals surface area contributed by atoms with Gasteiger partial charge in [-0.15, -0.1) is 0 Å². The van der Waals surface area contributed by atoms with E-state index >= 15 is 0 Å². The van der Waals surface area contributed by atoms with Crippen molar-refractivity contribution in [3.05, 3.63) is 72.8 Å². The van der Waals surface area contributed by atoms with Crippen molar-refractivity contribution >= 4 is 38.9 Å². The van der Waals surface area contributed by atoms with E-state index in [2.05, 4.69) is 4.74 Å². The second-order valence-corrected chi connectivity index (χ2v) is 9.20. The Bertz CT molecular complexity index is 1590. The van der Waals surface area contributed by atoms with E-state index in [1.54, 1.807) is 56.6 Å². The third-order valence-electron chi connectivity index (χ3n) is 5.95. The van der Waals surface area contributed by atoms with Crippen LogP contribution in [0.25, 0.3) is 32.7 Å². The Labute approximate surface area is 226 Å². The Balaban J connectivity index is 2.03. The van der Waals surface area contributed by atoms with E-state index in [-0.39, 0.29) is 27.4 Å². The molecule has 0 unspecified atom stereocenters. The SMILES string of the molecule is CN(C)C(=S)Oc1ccc2ccccc2c1-c1c(OC(F)(F)C(F)(F)C(F)(F)C(F)(F)F)ccc2ccccc12. The minimum absolute atomic E-state index is 0.00389. The normalized spacial score (nSPS) is 13.0. The largest absolute Gasteiger partial charge is 0.471 e. The van der Waals surface area contributed by atoms with E-state index in [1.165, 1.54) is 29.2 Å². The van der Waals surface area contributed by atoms with Crippen molar-refractivity contribution in [1.29, 1.82) is 0 Å². The molecule has 40 heavy (non-hydrogen) atoms. The van der Waals surface area contributed by atoms with Gasteiger partial charge in [0.2, 0.25) is 0 Å². The molecule has 0 fully saturated rings. The predicted molar refractivity (Wildman–Crippen MR) is 135 cm³/mol. The van der Waals surface area contributed by atoms with Gasteiger partial charge in [0.25, 0.3) is 5.17 Å². The quantitative estimate of drug-likeness (QED) is 0.165. The summed E-state index contributed by atoms with van der Waals surface area (Å²) in [5, 5.41) is 1.29. The summed E-state index contributed by atoms with van der Waals surface area (Å²) in [6.45, 7) is 0. The number of thiocarbonyl (C=S) groups is 1. The smallest absolute Gasteiger partial charge is 0.431 e. The lowest BCUT2D eigenvalue weighted by Gasteiger charge is -2.33. The summed E-state index contributed by atoms with van der Waals surface area (Å²) in [7, 11) is 3.11. The van der Waals surface area contributed by atoms with Crippen LogP contribution in [0.4, 0.5) is 39.5 Å². The van der Waals surface area contributed by atoms with Gasteiger partial charge in [-0.25, -0.2) is 0 Å². The van der Waals surface area contributed by atoms with Crippen LogP contribution in [0.3, 0.4) is 0 Å². The van der Waals surface area contributed by atoms with Crippen LogP contribution in [0.5, 0.6) is 11.5 Å². The van der Waals surface area contributed by atoms with Crippen molar-refractivity contribution in [3.63, 3.8) is 0 Å². The predicted octanol–water partition coefficient (Wildman–Crippen LogP) is 8.69. The second kappa shape index (κ2) is 10.0. The number of rotatable bonds is 6. The molecule has 0 bridgehead atoms. The highest BCUT2D eigenvalue weighted by molar-refractivity contribution is 7.80. The molecule has 212 valence electrons. The summed E-state index contributed by atoms with van der Waals surface area (Å²) < 4.78 is 133. The summed E-state index contributed by atoms with van der Waals surface area (Å²) in [4.78, 5) is 1.41. The molecule has 0 amide bonds. The highest BCUT2D eigenvalue weighted by Gasteiger charge is 2.83. The third kappa shape index (κ3) is 4.87. The standard InChI is InChI=1S/C27H18F9NO2S/c1-37(2)23(40)38-19-13-11-15-7-3-5-9-17(15)21(19)22-18-10-6-4-8-16(18)12-14-20(22)39-27(35,36)25(30,31)24(28,29)26(32,33)34/h3-14H,1-2H3. The molecule has 0 saturated carbocycles. The molecule has 0 spiro atoms. The molecule has 0 aliphatic carbocycles. The van der Waals surface area contributed by atoms with Gasteiger partial charge in [0.05, 0.1) is 0 Å². The van der Waals surface area contributed by atoms with Crippen LogP contribution in [0.1, 0.15) is 0 Å². The van der Waals surface area contributed by atoms with Crippen molar-refractivity contribution in [2.24, 2.45) is 0 Å². The minimum atomic E-state index is -7.12. The Morgan fingerprint density at radius 3 is 1.55 bits per heavy atom. The first-order chi connectivity index (χ1) is 18.5. The van der Waals surface area contributed by atoms with E-state index in [4.69, 9.17) is 17.0 Å². The molecule has 0 aliphatic heterocycles. The summed E-state index contributed by atoms with van der Waals surface area (Å²) in [5.74, 6) is -15.2. The zero-order valence-corrected chi connectivity index (χ0v) is 21.3. The maximum absolute atomic E-state index is 14.7. The molecule has 3 nitrogen and oxygen atoms in total. The van der Waals surface area contributed by atoms with Crippen LogP contribution in [0, 0.1) is 0 Å². The van der Waals surface area contributed by atoms with Gasteiger partial charge < -0.3 is 14.4 Å². The van der Waals surface area contributed by atoms with E-state index in [9.17, 15) is 39.5 Å². The van der Waals surface area contributed by atoms with Crippen LogP contribution < -0.4 is 9.47 Å². The molecule has 0 saturated heterocycles. The molecule has 0 aromatic heterocycles. The number of benzene rings is 4. The highest BCUT2D eigenvalue weighted by Crippen LogP contribution is 2.55. The Morgan fingerprint density at radius 2 is 1.07 bits per heavy atom. The van der Waals surface area contributed by atoms with Gasteiger partial charge in [-0.05, 0) is 45.9 Å². The van der Waals surface area contributed by atoms with Gasteiger partial charge in [-0.1, -0.05) is 60.7 Å². The molecule has 0 heterocycles. The van der Waals surface area contributed by atoms with E-state index in [0.29, 0.717) is 16.2 Å². The summed E-state index contributed by atoms with van der Waals surface area (Å²) in [5.41, 5.74) is -0.326. The molecule has 4 aromatic rings. The number of alkyl halides is 9. The first kappa shape index (κ1) is 29.2. The van der Waals surface area contributed by atoms with Gasteiger partial charge in [-0.2, -0.15) is 39.5 Å². The molecule has 0 aliphatic rings. The summed E-state index contributed by atoms with van der Waals surface area (Å²) >= 11 is 5.20. The first-order valence-corrected chi connectivity index (χ1v) is 11.7. The zero-order valence-electron chi connectivity index (χ0n) is 20.5. The van der Waals surface area contributed by atoms with Gasteiger partial charge in [0.15, 0.2) is 0 Å². The lowest BCUT2D eigenvalue weighted by Crippen LogP contribution is -2.62. The molecule has 4 aromatic carbocycles. The van der Waals surface area contributed by atoms with Gasteiger partial charge in [-0.3, -0.25) is 0 Å². The third-order valence-corrected chi connectivity index (χ3v) is 6.40. The van der Waals surface area contributed by atoms with E-state index < -0.39 is 29.9 Å². The topological polar surface area (TPSA) is 21.7 Å². The fourth-order valence-corrected chi connectivity index (χ4v) is 4.03. The van der Waals surface area contributed by atoms with Crippen LogP contribution in [0.2, 0.25) is 0 Å².